The topological polar surface area (TPSA) is 83.5 Å². The number of aliphatic hydroxyl groups is 1. The third-order valence-corrected chi connectivity index (χ3v) is 5.06. The summed E-state index contributed by atoms with van der Waals surface area (Å²) in [5.41, 5.74) is 0.788. The molecule has 1 heterocycles. The monoisotopic (exact) mass is 315 g/mol. The van der Waals surface area contributed by atoms with Crippen molar-refractivity contribution >= 4 is 27.1 Å². The molecule has 1 aromatic heterocycles. The van der Waals surface area contributed by atoms with Crippen LogP contribution in [0.4, 0.5) is 0 Å². The van der Waals surface area contributed by atoms with Gasteiger partial charge in [-0.25, -0.2) is 8.42 Å². The van der Waals surface area contributed by atoms with Crippen molar-refractivity contribution in [2.24, 2.45) is 0 Å². The van der Waals surface area contributed by atoms with Crippen molar-refractivity contribution in [1.29, 1.82) is 0 Å². The number of hydrogen-bond donors (Lipinski definition) is 2. The number of amides is 1. The van der Waals surface area contributed by atoms with E-state index in [9.17, 15) is 13.2 Å². The minimum atomic E-state index is -3.39. The van der Waals surface area contributed by atoms with Gasteiger partial charge in [0.1, 0.15) is 5.25 Å². The standard InChI is InChI=1S/C13H17NO4S2/c1-10(20(2,17)18)13(16)14-9-12-11(6-8-19-12)5-3-4-7-15/h6,8,10,15H,4,7,9H2,1-2H3,(H,14,16). The van der Waals surface area contributed by atoms with E-state index in [1.807, 2.05) is 11.4 Å². The lowest BCUT2D eigenvalue weighted by atomic mass is 10.2. The quantitative estimate of drug-likeness (QED) is 0.777. The molecule has 1 aromatic rings. The van der Waals surface area contributed by atoms with E-state index in [-0.39, 0.29) is 13.2 Å². The van der Waals surface area contributed by atoms with Crippen LogP contribution in [0.3, 0.4) is 0 Å². The van der Waals surface area contributed by atoms with Gasteiger partial charge < -0.3 is 10.4 Å². The highest BCUT2D eigenvalue weighted by Gasteiger charge is 2.23. The molecular formula is C13H17NO4S2. The molecule has 0 aliphatic rings. The van der Waals surface area contributed by atoms with E-state index < -0.39 is 21.0 Å². The van der Waals surface area contributed by atoms with Gasteiger partial charge in [0.2, 0.25) is 5.91 Å². The molecule has 0 aliphatic heterocycles. The number of nitrogens with one attached hydrogen (secondary N) is 1. The van der Waals surface area contributed by atoms with Gasteiger partial charge in [-0.3, -0.25) is 4.79 Å². The van der Waals surface area contributed by atoms with Crippen molar-refractivity contribution in [3.05, 3.63) is 21.9 Å². The molecule has 0 saturated heterocycles. The van der Waals surface area contributed by atoms with Crippen LogP contribution in [-0.4, -0.2) is 37.5 Å². The van der Waals surface area contributed by atoms with E-state index >= 15 is 0 Å². The summed E-state index contributed by atoms with van der Waals surface area (Å²) >= 11 is 1.44. The van der Waals surface area contributed by atoms with E-state index in [0.717, 1.165) is 16.7 Å². The Balaban J connectivity index is 2.66. The van der Waals surface area contributed by atoms with Crippen molar-refractivity contribution in [1.82, 2.24) is 5.32 Å². The molecule has 20 heavy (non-hydrogen) atoms. The maximum atomic E-state index is 11.7. The third kappa shape index (κ3) is 4.96. The summed E-state index contributed by atoms with van der Waals surface area (Å²) < 4.78 is 22.5. The first-order valence-electron chi connectivity index (χ1n) is 5.99. The van der Waals surface area contributed by atoms with Crippen molar-refractivity contribution < 1.29 is 18.3 Å². The van der Waals surface area contributed by atoms with Crippen LogP contribution in [0.15, 0.2) is 11.4 Å². The first-order chi connectivity index (χ1) is 9.36. The average molecular weight is 315 g/mol. The van der Waals surface area contributed by atoms with Crippen molar-refractivity contribution in [3.8, 4) is 11.8 Å². The number of thiophene rings is 1. The lowest BCUT2D eigenvalue weighted by Gasteiger charge is -2.09. The minimum absolute atomic E-state index is 0.00901. The number of carbonyl (C=O) groups is 1. The maximum Gasteiger partial charge on any atom is 0.238 e. The minimum Gasteiger partial charge on any atom is -0.395 e. The molecule has 5 nitrogen and oxygen atoms in total. The van der Waals surface area contributed by atoms with Crippen molar-refractivity contribution in [3.63, 3.8) is 0 Å². The predicted octanol–water partition coefficient (Wildman–Crippen LogP) is 0.531. The van der Waals surface area contributed by atoms with Gasteiger partial charge in [0.05, 0.1) is 13.2 Å². The SMILES string of the molecule is CC(C(=O)NCc1sccc1C#CCCO)S(C)(=O)=O. The second-order valence-electron chi connectivity index (χ2n) is 4.22. The molecule has 1 atom stereocenters. The third-order valence-electron chi connectivity index (χ3n) is 2.64. The Morgan fingerprint density at radius 2 is 2.25 bits per heavy atom. The van der Waals surface area contributed by atoms with Crippen molar-refractivity contribution in [2.75, 3.05) is 12.9 Å². The highest BCUT2D eigenvalue weighted by molar-refractivity contribution is 7.92. The molecule has 0 bridgehead atoms. The maximum absolute atomic E-state index is 11.7. The molecule has 1 amide bonds. The zero-order valence-corrected chi connectivity index (χ0v) is 13.0. The Morgan fingerprint density at radius 1 is 1.55 bits per heavy atom. The van der Waals surface area contributed by atoms with Crippen LogP contribution in [0.25, 0.3) is 0 Å². The molecular weight excluding hydrogens is 298 g/mol. The van der Waals surface area contributed by atoms with E-state index in [1.54, 1.807) is 0 Å². The Morgan fingerprint density at radius 3 is 2.85 bits per heavy atom. The van der Waals surface area contributed by atoms with E-state index in [0.29, 0.717) is 6.42 Å². The van der Waals surface area contributed by atoms with Gasteiger partial charge in [-0.1, -0.05) is 11.8 Å². The molecule has 0 fully saturated rings. The van der Waals surface area contributed by atoms with Gasteiger partial charge in [-0.05, 0) is 18.4 Å². The zero-order valence-electron chi connectivity index (χ0n) is 11.3. The van der Waals surface area contributed by atoms with E-state index in [2.05, 4.69) is 17.2 Å². The molecule has 1 unspecified atom stereocenters. The summed E-state index contributed by atoms with van der Waals surface area (Å²) in [6, 6.07) is 1.83. The molecule has 0 aromatic carbocycles. The van der Waals surface area contributed by atoms with Crippen LogP contribution in [0, 0.1) is 11.8 Å². The van der Waals surface area contributed by atoms with Gasteiger partial charge in [0.25, 0.3) is 0 Å². The van der Waals surface area contributed by atoms with E-state index in [1.165, 1.54) is 18.3 Å². The fourth-order valence-corrected chi connectivity index (χ4v) is 2.55. The summed E-state index contributed by atoms with van der Waals surface area (Å²) in [6.45, 7) is 1.62. The molecule has 0 saturated carbocycles. The lowest BCUT2D eigenvalue weighted by molar-refractivity contribution is -0.120. The largest absolute Gasteiger partial charge is 0.395 e. The van der Waals surface area contributed by atoms with Gasteiger partial charge >= 0.3 is 0 Å². The zero-order chi connectivity index (χ0) is 15.2. The summed E-state index contributed by atoms with van der Waals surface area (Å²) in [6.07, 6.45) is 1.43. The first kappa shape index (κ1) is 16.7. The number of carbonyl (C=O) groups excluding carboxylic acids is 1. The van der Waals surface area contributed by atoms with Crippen LogP contribution < -0.4 is 5.32 Å². The average Bonchev–Trinajstić information content (AvgIpc) is 2.82. The molecule has 0 radical (unpaired) electrons. The van der Waals surface area contributed by atoms with Gasteiger partial charge in [0.15, 0.2) is 9.84 Å². The van der Waals surface area contributed by atoms with Gasteiger partial charge in [0, 0.05) is 23.1 Å². The molecule has 110 valence electrons. The number of aliphatic hydroxyl groups excluding tert-OH is 1. The second kappa shape index (κ2) is 7.43. The Labute approximate surface area is 122 Å². The molecule has 0 spiro atoms. The summed E-state index contributed by atoms with van der Waals surface area (Å²) in [5.74, 6) is 5.20. The van der Waals surface area contributed by atoms with Crippen LogP contribution >= 0.6 is 11.3 Å². The fraction of sp³-hybridized carbons (Fsp3) is 0.462. The summed E-state index contributed by atoms with van der Waals surface area (Å²) in [7, 11) is -3.39. The summed E-state index contributed by atoms with van der Waals surface area (Å²) in [5, 5.41) is 12.0. The molecule has 0 aliphatic carbocycles. The smallest absolute Gasteiger partial charge is 0.238 e. The lowest BCUT2D eigenvalue weighted by Crippen LogP contribution is -2.36. The molecule has 7 heteroatoms. The van der Waals surface area contributed by atoms with E-state index in [4.69, 9.17) is 5.11 Å². The molecule has 2 N–H and O–H groups in total. The van der Waals surface area contributed by atoms with Crippen molar-refractivity contribution in [2.45, 2.75) is 25.1 Å². The van der Waals surface area contributed by atoms with Gasteiger partial charge in [-0.15, -0.1) is 11.3 Å². The Kier molecular flexibility index (Phi) is 6.20. The highest BCUT2D eigenvalue weighted by atomic mass is 32.2. The predicted molar refractivity (Wildman–Crippen MR) is 79.1 cm³/mol. The number of rotatable bonds is 5. The summed E-state index contributed by atoms with van der Waals surface area (Å²) in [4.78, 5) is 12.6. The normalized spacial score (nSPS) is 12.3. The van der Waals surface area contributed by atoms with Gasteiger partial charge in [-0.2, -0.15) is 0 Å². The Hall–Kier alpha value is -1.36. The van der Waals surface area contributed by atoms with Crippen LogP contribution in [0.1, 0.15) is 23.8 Å². The molecule has 1 rings (SSSR count). The first-order valence-corrected chi connectivity index (χ1v) is 8.82. The van der Waals surface area contributed by atoms with Crippen LogP contribution in [0.2, 0.25) is 0 Å². The second-order valence-corrected chi connectivity index (χ2v) is 7.59. The number of sulfone groups is 1. The Bertz CT molecular complexity index is 622. The van der Waals surface area contributed by atoms with Crippen LogP contribution in [0.5, 0.6) is 0 Å². The van der Waals surface area contributed by atoms with Crippen LogP contribution in [-0.2, 0) is 21.2 Å². The number of hydrogen-bond acceptors (Lipinski definition) is 5. The highest BCUT2D eigenvalue weighted by Crippen LogP contribution is 2.15. The fourth-order valence-electron chi connectivity index (χ4n) is 1.31.